The summed E-state index contributed by atoms with van der Waals surface area (Å²) in [5.74, 6) is 1.71. The van der Waals surface area contributed by atoms with Crippen molar-refractivity contribution in [2.24, 2.45) is 10.9 Å². The molecule has 1 atom stereocenters. The number of pyridine rings is 1. The monoisotopic (exact) mass is 506 g/mol. The first-order valence-electron chi connectivity index (χ1n) is 14.2. The highest BCUT2D eigenvalue weighted by Gasteiger charge is 2.46. The van der Waals surface area contributed by atoms with E-state index in [4.69, 9.17) is 14.7 Å². The average Bonchev–Trinajstić information content (AvgIpc) is 3.48. The molecule has 6 rings (SSSR count). The Balaban J connectivity index is 1.46. The molecule has 0 bridgehead atoms. The Morgan fingerprint density at radius 2 is 1.89 bits per heavy atom. The van der Waals surface area contributed by atoms with E-state index in [1.807, 2.05) is 12.3 Å². The van der Waals surface area contributed by atoms with E-state index in [1.165, 1.54) is 60.7 Å². The smallest absolute Gasteiger partial charge is 0.125 e. The van der Waals surface area contributed by atoms with Crippen molar-refractivity contribution in [1.29, 1.82) is 0 Å². The Hall–Kier alpha value is -3.60. The number of hydrogen-bond acceptors (Lipinski definition) is 4. The van der Waals surface area contributed by atoms with E-state index in [9.17, 15) is 0 Å². The molecule has 1 N–H and O–H groups in total. The van der Waals surface area contributed by atoms with Gasteiger partial charge in [-0.2, -0.15) is 0 Å². The summed E-state index contributed by atoms with van der Waals surface area (Å²) in [6.07, 6.45) is 12.1. The molecular weight excluding hydrogens is 468 g/mol. The molecule has 2 aliphatic rings. The Labute approximate surface area is 226 Å². The van der Waals surface area contributed by atoms with Crippen molar-refractivity contribution in [1.82, 2.24) is 9.55 Å². The summed E-state index contributed by atoms with van der Waals surface area (Å²) in [5, 5.41) is 4.91. The van der Waals surface area contributed by atoms with Gasteiger partial charge in [-0.15, -0.1) is 0 Å². The van der Waals surface area contributed by atoms with E-state index in [0.29, 0.717) is 0 Å². The fourth-order valence-electron chi connectivity index (χ4n) is 6.91. The van der Waals surface area contributed by atoms with Gasteiger partial charge in [-0.3, -0.25) is 9.98 Å². The number of ether oxygens (including phenoxy) is 1. The minimum atomic E-state index is -0.646. The number of para-hydroxylation sites is 1. The summed E-state index contributed by atoms with van der Waals surface area (Å²) in [4.78, 5) is 9.86. The van der Waals surface area contributed by atoms with Crippen molar-refractivity contribution in [3.63, 3.8) is 0 Å². The summed E-state index contributed by atoms with van der Waals surface area (Å²) in [5.41, 5.74) is 7.09. The molecule has 0 radical (unpaired) electrons. The molecule has 2 aromatic heterocycles. The topological polar surface area (TPSA) is 51.4 Å². The third kappa shape index (κ3) is 4.00. The van der Waals surface area contributed by atoms with Crippen LogP contribution >= 0.6 is 0 Å². The number of hydrogen-bond donors (Lipinski definition) is 1. The minimum absolute atomic E-state index is 0.646. The van der Waals surface area contributed by atoms with Crippen LogP contribution in [-0.4, -0.2) is 29.4 Å². The predicted octanol–water partition coefficient (Wildman–Crippen LogP) is 7.81. The van der Waals surface area contributed by atoms with Crippen LogP contribution in [-0.2, 0) is 12.0 Å². The van der Waals surface area contributed by atoms with Crippen molar-refractivity contribution in [3.05, 3.63) is 83.3 Å². The number of nitrogens with one attached hydrogen (secondary N) is 1. The van der Waals surface area contributed by atoms with E-state index in [1.54, 1.807) is 7.11 Å². The van der Waals surface area contributed by atoms with Crippen molar-refractivity contribution >= 4 is 28.5 Å². The molecule has 0 saturated heterocycles. The Bertz CT molecular complexity index is 1480. The van der Waals surface area contributed by atoms with Gasteiger partial charge < -0.3 is 14.6 Å². The highest BCUT2D eigenvalue weighted by atomic mass is 16.5. The van der Waals surface area contributed by atoms with Gasteiger partial charge in [-0.25, -0.2) is 0 Å². The van der Waals surface area contributed by atoms with Crippen molar-refractivity contribution < 1.29 is 4.74 Å². The summed E-state index contributed by atoms with van der Waals surface area (Å²) in [7, 11) is 1.77. The molecule has 0 amide bonds. The maximum absolute atomic E-state index is 6.11. The SMILES string of the molecule is CCn1c(C)c(C2(c3ccc(NCCC4CCCCC4)cc3OC)C=Nc3cccnc32)c2ccccc21. The number of methoxy groups -OCH3 is 1. The van der Waals surface area contributed by atoms with Crippen LogP contribution in [0.5, 0.6) is 5.75 Å². The summed E-state index contributed by atoms with van der Waals surface area (Å²) in [6.45, 7) is 6.32. The van der Waals surface area contributed by atoms with Crippen LogP contribution in [0.3, 0.4) is 0 Å². The van der Waals surface area contributed by atoms with E-state index in [-0.39, 0.29) is 0 Å². The molecule has 5 nitrogen and oxygen atoms in total. The van der Waals surface area contributed by atoms with Gasteiger partial charge in [-0.1, -0.05) is 56.4 Å². The number of nitrogens with zero attached hydrogens (tertiary/aromatic N) is 3. The first-order valence-corrected chi connectivity index (χ1v) is 14.2. The van der Waals surface area contributed by atoms with Crippen LogP contribution in [0.1, 0.15) is 68.0 Å². The molecular formula is C33H38N4O. The molecule has 1 fully saturated rings. The first-order chi connectivity index (χ1) is 18.7. The molecule has 1 unspecified atom stereocenters. The normalized spacial score (nSPS) is 19.1. The van der Waals surface area contributed by atoms with Crippen LogP contribution in [0.2, 0.25) is 0 Å². The van der Waals surface area contributed by atoms with Gasteiger partial charge in [0.2, 0.25) is 0 Å². The number of fused-ring (bicyclic) bond motifs is 2. The second-order valence-electron chi connectivity index (χ2n) is 10.8. The first kappa shape index (κ1) is 24.7. The number of aliphatic imine (C=N–C) groups is 1. The maximum Gasteiger partial charge on any atom is 0.125 e. The second kappa shape index (κ2) is 10.3. The van der Waals surface area contributed by atoms with Gasteiger partial charge in [0.05, 0.1) is 18.5 Å². The van der Waals surface area contributed by atoms with E-state index in [0.717, 1.165) is 47.4 Å². The summed E-state index contributed by atoms with van der Waals surface area (Å²) in [6, 6.07) is 19.3. The fraction of sp³-hybridized carbons (Fsp3) is 0.394. The van der Waals surface area contributed by atoms with Crippen molar-refractivity contribution in [3.8, 4) is 5.75 Å². The van der Waals surface area contributed by atoms with Crippen LogP contribution in [0, 0.1) is 12.8 Å². The molecule has 5 heteroatoms. The highest BCUT2D eigenvalue weighted by Crippen LogP contribution is 2.51. The zero-order valence-electron chi connectivity index (χ0n) is 22.8. The van der Waals surface area contributed by atoms with Gasteiger partial charge in [0, 0.05) is 65.0 Å². The molecule has 1 aliphatic heterocycles. The van der Waals surface area contributed by atoms with Crippen LogP contribution in [0.15, 0.2) is 65.8 Å². The quantitative estimate of drug-likeness (QED) is 0.265. The maximum atomic E-state index is 6.11. The third-order valence-electron chi connectivity index (χ3n) is 8.73. The minimum Gasteiger partial charge on any atom is -0.496 e. The lowest BCUT2D eigenvalue weighted by Crippen LogP contribution is -2.31. The van der Waals surface area contributed by atoms with E-state index in [2.05, 4.69) is 78.5 Å². The van der Waals surface area contributed by atoms with Crippen molar-refractivity contribution in [2.45, 2.75) is 64.3 Å². The van der Waals surface area contributed by atoms with Gasteiger partial charge in [-0.05, 0) is 50.5 Å². The van der Waals surface area contributed by atoms with E-state index < -0.39 is 5.41 Å². The lowest BCUT2D eigenvalue weighted by atomic mass is 9.71. The fourth-order valence-corrected chi connectivity index (χ4v) is 6.91. The number of rotatable bonds is 8. The Morgan fingerprint density at radius 3 is 2.71 bits per heavy atom. The molecule has 1 saturated carbocycles. The average molecular weight is 507 g/mol. The molecule has 0 spiro atoms. The second-order valence-corrected chi connectivity index (χ2v) is 10.8. The highest BCUT2D eigenvalue weighted by molar-refractivity contribution is 6.00. The predicted molar refractivity (Wildman–Crippen MR) is 157 cm³/mol. The Morgan fingerprint density at radius 1 is 1.05 bits per heavy atom. The molecule has 38 heavy (non-hydrogen) atoms. The van der Waals surface area contributed by atoms with Gasteiger partial charge in [0.25, 0.3) is 0 Å². The van der Waals surface area contributed by atoms with Gasteiger partial charge >= 0.3 is 0 Å². The third-order valence-corrected chi connectivity index (χ3v) is 8.73. The molecule has 2 aromatic carbocycles. The van der Waals surface area contributed by atoms with Crippen LogP contribution < -0.4 is 10.1 Å². The summed E-state index contributed by atoms with van der Waals surface area (Å²) < 4.78 is 8.50. The molecule has 196 valence electrons. The molecule has 1 aliphatic carbocycles. The van der Waals surface area contributed by atoms with E-state index >= 15 is 0 Å². The standard InChI is InChI=1S/C33H38N4O/c1-4-37-23(2)31(26-13-8-9-15-29(26)37)33(22-36-28-14-10-19-35-32(28)33)27-17-16-25(21-30(27)38-3)34-20-18-24-11-6-5-7-12-24/h8-10,13-17,19,21-22,24,34H,4-7,11-12,18,20H2,1-3H3. The molecule has 4 aromatic rings. The number of anilines is 1. The Kier molecular flexibility index (Phi) is 6.69. The lowest BCUT2D eigenvalue weighted by molar-refractivity contribution is 0.345. The van der Waals surface area contributed by atoms with Crippen LogP contribution in [0.25, 0.3) is 10.9 Å². The van der Waals surface area contributed by atoms with Gasteiger partial charge in [0.15, 0.2) is 0 Å². The number of aryl methyl sites for hydroxylation is 1. The lowest BCUT2D eigenvalue weighted by Gasteiger charge is -2.30. The largest absolute Gasteiger partial charge is 0.496 e. The van der Waals surface area contributed by atoms with Gasteiger partial charge in [0.1, 0.15) is 11.2 Å². The zero-order valence-corrected chi connectivity index (χ0v) is 22.8. The van der Waals surface area contributed by atoms with Crippen LogP contribution in [0.4, 0.5) is 11.4 Å². The summed E-state index contributed by atoms with van der Waals surface area (Å²) >= 11 is 0. The van der Waals surface area contributed by atoms with Crippen molar-refractivity contribution in [2.75, 3.05) is 19.0 Å². The number of aromatic nitrogens is 2. The number of benzene rings is 2. The molecule has 3 heterocycles. The zero-order chi connectivity index (χ0) is 26.1.